The summed E-state index contributed by atoms with van der Waals surface area (Å²) in [5.74, 6) is 0.109. The van der Waals surface area contributed by atoms with Gasteiger partial charge in [-0.25, -0.2) is 0 Å². The van der Waals surface area contributed by atoms with Gasteiger partial charge in [-0.05, 0) is 54.9 Å². The van der Waals surface area contributed by atoms with Crippen LogP contribution in [0.2, 0.25) is 0 Å². The Kier molecular flexibility index (Phi) is 6.08. The summed E-state index contributed by atoms with van der Waals surface area (Å²) in [6, 6.07) is 26.7. The lowest BCUT2D eigenvalue weighted by Gasteiger charge is -2.16. The fraction of sp³-hybridized carbons (Fsp3) is 0.233. The summed E-state index contributed by atoms with van der Waals surface area (Å²) in [5, 5.41) is 9.79. The first-order valence-corrected chi connectivity index (χ1v) is 11.9. The highest BCUT2D eigenvalue weighted by Gasteiger charge is 2.52. The van der Waals surface area contributed by atoms with Crippen molar-refractivity contribution < 1.29 is 14.7 Å². The molecule has 3 aromatic carbocycles. The summed E-state index contributed by atoms with van der Waals surface area (Å²) in [4.78, 5) is 17.8. The number of aliphatic carboxylic acids is 1. The second kappa shape index (κ2) is 9.32. The Bertz CT molecular complexity index is 1240. The van der Waals surface area contributed by atoms with Gasteiger partial charge in [-0.15, -0.1) is 5.48 Å². The van der Waals surface area contributed by atoms with Gasteiger partial charge in [-0.1, -0.05) is 91.0 Å². The van der Waals surface area contributed by atoms with E-state index in [1.807, 2.05) is 30.3 Å². The van der Waals surface area contributed by atoms with E-state index in [9.17, 15) is 9.90 Å². The number of carboxylic acids is 1. The standard InChI is InChI=1S/C30H29NO3/c1-21-25(12-6-5-11-22-9-3-2-4-10-22)28(34-31-21)24-17-15-23(16-18-24)26-13-7-8-14-27(26)30(19-20-30)29(32)33/h2-4,6-10,12-18,21,31H,5,11,19-20H2,1H3,(H,32,33). The zero-order valence-corrected chi connectivity index (χ0v) is 19.3. The van der Waals surface area contributed by atoms with Crippen molar-refractivity contribution in [3.63, 3.8) is 0 Å². The molecular weight excluding hydrogens is 422 g/mol. The molecule has 1 saturated carbocycles. The molecule has 0 saturated heterocycles. The van der Waals surface area contributed by atoms with Crippen LogP contribution >= 0.6 is 0 Å². The van der Waals surface area contributed by atoms with Crippen molar-refractivity contribution >= 4 is 11.7 Å². The van der Waals surface area contributed by atoms with Crippen LogP contribution in [0.5, 0.6) is 0 Å². The lowest BCUT2D eigenvalue weighted by Crippen LogP contribution is -2.20. The summed E-state index contributed by atoms with van der Waals surface area (Å²) in [6.07, 6.45) is 7.74. The van der Waals surface area contributed by atoms with Crippen LogP contribution in [0.3, 0.4) is 0 Å². The Labute approximate surface area is 200 Å². The van der Waals surface area contributed by atoms with Crippen LogP contribution in [0.4, 0.5) is 0 Å². The molecule has 1 heterocycles. The smallest absolute Gasteiger partial charge is 0.314 e. The highest BCUT2D eigenvalue weighted by Crippen LogP contribution is 2.51. The maximum Gasteiger partial charge on any atom is 0.314 e. The van der Waals surface area contributed by atoms with Crippen molar-refractivity contribution in [3.05, 3.63) is 113 Å². The first kappa shape index (κ1) is 22.2. The number of aryl methyl sites for hydroxylation is 1. The number of hydrogen-bond acceptors (Lipinski definition) is 3. The van der Waals surface area contributed by atoms with Crippen molar-refractivity contribution in [2.75, 3.05) is 0 Å². The normalized spacial score (nSPS) is 18.8. The van der Waals surface area contributed by atoms with Gasteiger partial charge >= 0.3 is 5.97 Å². The van der Waals surface area contributed by atoms with Gasteiger partial charge in [-0.3, -0.25) is 4.79 Å². The summed E-state index contributed by atoms with van der Waals surface area (Å²) in [7, 11) is 0. The van der Waals surface area contributed by atoms with Crippen LogP contribution < -0.4 is 5.48 Å². The predicted octanol–water partition coefficient (Wildman–Crippen LogP) is 6.29. The van der Waals surface area contributed by atoms with Gasteiger partial charge in [-0.2, -0.15) is 0 Å². The van der Waals surface area contributed by atoms with E-state index in [-0.39, 0.29) is 6.04 Å². The van der Waals surface area contributed by atoms with E-state index < -0.39 is 11.4 Å². The van der Waals surface area contributed by atoms with Gasteiger partial charge in [0.25, 0.3) is 0 Å². The second-order valence-electron chi connectivity index (χ2n) is 9.16. The van der Waals surface area contributed by atoms with E-state index in [1.54, 1.807) is 0 Å². The van der Waals surface area contributed by atoms with Gasteiger partial charge in [0.1, 0.15) is 0 Å². The van der Waals surface area contributed by atoms with Crippen LogP contribution in [-0.4, -0.2) is 17.1 Å². The van der Waals surface area contributed by atoms with Crippen LogP contribution in [0.15, 0.2) is 96.6 Å². The van der Waals surface area contributed by atoms with Crippen molar-refractivity contribution in [1.29, 1.82) is 0 Å². The lowest BCUT2D eigenvalue weighted by atomic mass is 9.88. The van der Waals surface area contributed by atoms with E-state index >= 15 is 0 Å². The van der Waals surface area contributed by atoms with Gasteiger partial charge in [0, 0.05) is 11.1 Å². The van der Waals surface area contributed by atoms with Crippen LogP contribution in [0, 0.1) is 0 Å². The van der Waals surface area contributed by atoms with Crippen LogP contribution in [0.1, 0.15) is 42.9 Å². The minimum absolute atomic E-state index is 0.105. The molecule has 0 radical (unpaired) electrons. The molecule has 0 amide bonds. The van der Waals surface area contributed by atoms with E-state index in [2.05, 4.69) is 73.1 Å². The molecule has 1 aliphatic heterocycles. The molecule has 4 heteroatoms. The van der Waals surface area contributed by atoms with Gasteiger partial charge in [0.2, 0.25) is 0 Å². The summed E-state index contributed by atoms with van der Waals surface area (Å²) in [6.45, 7) is 2.09. The largest absolute Gasteiger partial charge is 0.481 e. The Morgan fingerprint density at radius 3 is 2.38 bits per heavy atom. The predicted molar refractivity (Wildman–Crippen MR) is 135 cm³/mol. The maximum absolute atomic E-state index is 11.9. The zero-order valence-electron chi connectivity index (χ0n) is 19.3. The van der Waals surface area contributed by atoms with Crippen molar-refractivity contribution in [1.82, 2.24) is 5.48 Å². The Balaban J connectivity index is 1.37. The molecule has 0 bridgehead atoms. The first-order valence-electron chi connectivity index (χ1n) is 11.9. The molecule has 4 nitrogen and oxygen atoms in total. The monoisotopic (exact) mass is 451 g/mol. The molecule has 2 N–H and O–H groups in total. The number of carbonyl (C=O) groups is 1. The van der Waals surface area contributed by atoms with Crippen LogP contribution in [-0.2, 0) is 21.5 Å². The fourth-order valence-electron chi connectivity index (χ4n) is 4.69. The minimum Gasteiger partial charge on any atom is -0.481 e. The Morgan fingerprint density at radius 2 is 1.68 bits per heavy atom. The number of rotatable bonds is 8. The summed E-state index contributed by atoms with van der Waals surface area (Å²) in [5.41, 5.74) is 8.73. The van der Waals surface area contributed by atoms with E-state index in [0.717, 1.165) is 46.4 Å². The molecule has 0 aromatic heterocycles. The second-order valence-corrected chi connectivity index (χ2v) is 9.16. The molecule has 1 aliphatic carbocycles. The molecule has 3 aromatic rings. The number of hydrogen-bond donors (Lipinski definition) is 2. The average Bonchev–Trinajstić information content (AvgIpc) is 3.61. The SMILES string of the molecule is CC1NOC(c2ccc(-c3ccccc3C3(C(=O)O)CC3)cc2)=C1C=CCCc1ccccc1. The van der Waals surface area contributed by atoms with Crippen molar-refractivity contribution in [2.45, 2.75) is 44.1 Å². The molecule has 34 heavy (non-hydrogen) atoms. The van der Waals surface area contributed by atoms with Gasteiger partial charge < -0.3 is 9.94 Å². The average molecular weight is 452 g/mol. The van der Waals surface area contributed by atoms with Crippen LogP contribution in [0.25, 0.3) is 16.9 Å². The zero-order chi connectivity index (χ0) is 23.5. The number of carboxylic acid groups (broad SMARTS) is 1. The summed E-state index contributed by atoms with van der Waals surface area (Å²) < 4.78 is 0. The molecule has 172 valence electrons. The van der Waals surface area contributed by atoms with Gasteiger partial charge in [0.15, 0.2) is 5.76 Å². The molecule has 5 rings (SSSR count). The Hall–Kier alpha value is -3.63. The highest BCUT2D eigenvalue weighted by atomic mass is 16.7. The molecule has 0 spiro atoms. The fourth-order valence-corrected chi connectivity index (χ4v) is 4.69. The maximum atomic E-state index is 11.9. The van der Waals surface area contributed by atoms with Gasteiger partial charge in [0.05, 0.1) is 11.5 Å². The number of nitrogens with one attached hydrogen (secondary N) is 1. The van der Waals surface area contributed by atoms with E-state index in [1.165, 1.54) is 5.56 Å². The summed E-state index contributed by atoms with van der Waals surface area (Å²) >= 11 is 0. The number of benzene rings is 3. The topological polar surface area (TPSA) is 58.6 Å². The quantitative estimate of drug-likeness (QED) is 0.422. The molecule has 1 fully saturated rings. The van der Waals surface area contributed by atoms with E-state index in [4.69, 9.17) is 4.84 Å². The molecule has 1 atom stereocenters. The van der Waals surface area contributed by atoms with E-state index in [0.29, 0.717) is 12.8 Å². The van der Waals surface area contributed by atoms with Crippen molar-refractivity contribution in [2.24, 2.45) is 0 Å². The third-order valence-corrected chi connectivity index (χ3v) is 6.87. The third-order valence-electron chi connectivity index (χ3n) is 6.87. The minimum atomic E-state index is -0.733. The third kappa shape index (κ3) is 4.29. The molecule has 2 aliphatic rings. The van der Waals surface area contributed by atoms with Crippen molar-refractivity contribution in [3.8, 4) is 11.1 Å². The molecular formula is C30H29NO3. The number of allylic oxidation sites excluding steroid dienone is 1. The Morgan fingerprint density at radius 1 is 1.00 bits per heavy atom. The molecule has 1 unspecified atom stereocenters. The first-order chi connectivity index (χ1) is 16.6. The lowest BCUT2D eigenvalue weighted by molar-refractivity contribution is -0.140. The highest BCUT2D eigenvalue weighted by molar-refractivity contribution is 5.88. The number of hydroxylamine groups is 1.